The number of amides is 14. The maximum absolute atomic E-state index is 12.2. The first kappa shape index (κ1) is 74.1. The van der Waals surface area contributed by atoms with Crippen molar-refractivity contribution in [1.29, 1.82) is 5.26 Å². The van der Waals surface area contributed by atoms with E-state index in [9.17, 15) is 72.4 Å². The number of imide groups is 7. The highest BCUT2D eigenvalue weighted by atomic mass is 16.2. The predicted octanol–water partition coefficient (Wildman–Crippen LogP) is 12.5. The summed E-state index contributed by atoms with van der Waals surface area (Å²) >= 11 is 0. The Morgan fingerprint density at radius 3 is 0.518 bits per heavy atom. The van der Waals surface area contributed by atoms with Gasteiger partial charge in [0.2, 0.25) is 0 Å². The topological polar surface area (TPSA) is 285 Å². The lowest BCUT2D eigenvalue weighted by molar-refractivity contribution is -0.121. The number of hydrogen-bond acceptors (Lipinski definition) is 15. The van der Waals surface area contributed by atoms with Gasteiger partial charge in [0.15, 0.2) is 0 Å². The minimum atomic E-state index is -0.415. The van der Waals surface area contributed by atoms with E-state index in [0.717, 1.165) is 84.4 Å². The molecule has 17 rings (SSSR count). The van der Waals surface area contributed by atoms with Crippen LogP contribution in [0.4, 0.5) is 39.8 Å². The molecule has 0 spiro atoms. The Kier molecular flexibility index (Phi) is 20.6. The molecule has 114 heavy (non-hydrogen) atoms. The number of carbonyl (C=O) groups excluding carboxylic acids is 14. The van der Waals surface area contributed by atoms with E-state index in [4.69, 9.17) is 0 Å². The molecule has 22 nitrogen and oxygen atoms in total. The van der Waals surface area contributed by atoms with Crippen LogP contribution in [-0.4, -0.2) is 82.7 Å². The molecule has 8 aliphatic rings. The summed E-state index contributed by atoms with van der Waals surface area (Å²) in [6.07, 6.45) is 23.7. The normalized spacial score (nSPS) is 16.5. The van der Waals surface area contributed by atoms with Gasteiger partial charge in [-0.25, -0.2) is 34.3 Å². The van der Waals surface area contributed by atoms with Gasteiger partial charge in [-0.05, 0) is 171 Å². The zero-order chi connectivity index (χ0) is 79.4. The van der Waals surface area contributed by atoms with Crippen molar-refractivity contribution in [2.75, 3.05) is 34.3 Å². The van der Waals surface area contributed by atoms with E-state index < -0.39 is 35.4 Å². The third kappa shape index (κ3) is 14.9. The molecule has 1 fully saturated rings. The van der Waals surface area contributed by atoms with E-state index in [1.807, 2.05) is 97.1 Å². The summed E-state index contributed by atoms with van der Waals surface area (Å²) in [5.74, 6) is -5.53. The van der Waals surface area contributed by atoms with Crippen LogP contribution in [0.25, 0.3) is 0 Å². The largest absolute Gasteiger partial charge is 0.269 e. The van der Waals surface area contributed by atoms with Gasteiger partial charge in [-0.2, -0.15) is 5.26 Å². The molecule has 556 valence electrons. The van der Waals surface area contributed by atoms with Crippen molar-refractivity contribution in [1.82, 2.24) is 0 Å². The number of nitrogens with zero attached hydrogens (tertiary/aromatic N) is 8. The van der Waals surface area contributed by atoms with Gasteiger partial charge in [-0.15, -0.1) is 0 Å². The van der Waals surface area contributed by atoms with E-state index in [1.165, 1.54) is 123 Å². The Hall–Kier alpha value is -15.4. The average Bonchev–Trinajstić information content (AvgIpc) is 1.27. The van der Waals surface area contributed by atoms with Crippen LogP contribution in [0.5, 0.6) is 0 Å². The molecule has 0 unspecified atom stereocenters. The van der Waals surface area contributed by atoms with Crippen LogP contribution in [0.15, 0.2) is 303 Å². The lowest BCUT2D eigenvalue weighted by atomic mass is 9.81. The molecule has 22 heteroatoms. The number of anilines is 7. The third-order valence-electron chi connectivity index (χ3n) is 20.8. The third-order valence-corrected chi connectivity index (χ3v) is 20.8. The van der Waals surface area contributed by atoms with Gasteiger partial charge >= 0.3 is 0 Å². The van der Waals surface area contributed by atoms with Crippen LogP contribution < -0.4 is 34.3 Å². The molecule has 1 aliphatic carbocycles. The smallest absolute Gasteiger partial charge is 0.258 e. The molecule has 14 amide bonds. The number of nitriles is 1. The summed E-state index contributed by atoms with van der Waals surface area (Å²) < 4.78 is 0. The van der Waals surface area contributed by atoms with Crippen LogP contribution in [0.3, 0.4) is 0 Å². The van der Waals surface area contributed by atoms with Crippen molar-refractivity contribution in [3.8, 4) is 6.07 Å². The molecule has 0 aromatic heterocycles. The fourth-order valence-corrected chi connectivity index (χ4v) is 15.2. The molecular weight excluding hydrogens is 1440 g/mol. The molecule has 1 saturated carbocycles. The molecule has 9 aromatic carbocycles. The molecule has 0 saturated heterocycles. The second-order valence-electron chi connectivity index (χ2n) is 27.6. The summed E-state index contributed by atoms with van der Waals surface area (Å²) in [4.78, 5) is 177. The minimum absolute atomic E-state index is 0.125. The molecule has 7 aliphatic heterocycles. The first-order valence-corrected chi connectivity index (χ1v) is 36.5. The minimum Gasteiger partial charge on any atom is -0.269 e. The number of hydrogen-bond donors (Lipinski definition) is 0. The Balaban J connectivity index is 0.000000135. The van der Waals surface area contributed by atoms with Gasteiger partial charge in [0.05, 0.1) is 51.4 Å². The quantitative estimate of drug-likeness (QED) is 0.0605. The van der Waals surface area contributed by atoms with Crippen molar-refractivity contribution >= 4 is 123 Å². The highest BCUT2D eigenvalue weighted by molar-refractivity contribution is 6.32. The van der Waals surface area contributed by atoms with E-state index in [0.29, 0.717) is 51.3 Å². The van der Waals surface area contributed by atoms with Gasteiger partial charge < -0.3 is 0 Å². The van der Waals surface area contributed by atoms with Gasteiger partial charge in [-0.1, -0.05) is 141 Å². The van der Waals surface area contributed by atoms with E-state index in [2.05, 4.69) is 30.3 Å². The van der Waals surface area contributed by atoms with Crippen LogP contribution >= 0.6 is 0 Å². The fourth-order valence-electron chi connectivity index (χ4n) is 15.2. The molecule has 0 bridgehead atoms. The Bertz CT molecular complexity index is 5290. The molecule has 9 aromatic rings. The van der Waals surface area contributed by atoms with Crippen molar-refractivity contribution in [2.24, 2.45) is 0 Å². The maximum atomic E-state index is 12.2. The Morgan fingerprint density at radius 1 is 0.211 bits per heavy atom. The Labute approximate surface area is 652 Å². The first-order chi connectivity index (χ1) is 55.3. The molecule has 0 atom stereocenters. The van der Waals surface area contributed by atoms with Crippen LogP contribution in [0.1, 0.15) is 117 Å². The van der Waals surface area contributed by atoms with Gasteiger partial charge in [0, 0.05) is 103 Å². The second-order valence-corrected chi connectivity index (χ2v) is 27.6. The first-order valence-electron chi connectivity index (χ1n) is 36.5. The highest BCUT2D eigenvalue weighted by Crippen LogP contribution is 2.41. The van der Waals surface area contributed by atoms with Crippen molar-refractivity contribution in [3.63, 3.8) is 0 Å². The van der Waals surface area contributed by atoms with E-state index in [-0.39, 0.29) is 65.0 Å². The van der Waals surface area contributed by atoms with Gasteiger partial charge in [0.1, 0.15) is 0 Å². The summed E-state index contributed by atoms with van der Waals surface area (Å²) in [5, 5.41) is 9.18. The standard InChI is InChI=1S/C33H28N2O4.C31H19N3O6.C28H17N3O4/c36-29-18-19-30(37)34(29)27-14-10-25(11-15-27)33(24-8-6-23(7-9-24)22-4-2-1-3-5-22)26-12-16-28(17-13-26)35-31(38)20-21-32(35)39;35-25-13-14-26(36)32(25)22-7-1-19(2-8-22)31(20-3-9-23(10-4-20)33-27(37)15-16-28(33)38)21-5-11-24(12-6-21)34-29(39)17-18-30(34)40;29-17-18-1-3-19(4-2-18)28(20-5-9-22(10-6-20)30-24(32)13-14-25(30)33)21-7-11-23(12-8-21)31-26(34)15-16-27(31)35/h6-22,33H,1-5H2;1-18,31H;1-16,28H. The zero-order valence-electron chi connectivity index (χ0n) is 60.5. The SMILES string of the molecule is N#Cc1ccc(C(c2ccc(N3C(=O)C=CC3=O)cc2)c2ccc(N3C(=O)C=CC3=O)cc2)cc1.O=C1C=CC(=O)N1c1ccc(C(c2ccc(C3CCCCC3)cc2)c2ccc(N3C(=O)C=CC3=O)cc2)cc1.O=C1C=CC(=O)N1c1ccc(C(c2ccc(N3C(=O)C=CC3=O)cc2)c2ccc(N3C(=O)C=CC3=O)cc2)cc1. The van der Waals surface area contributed by atoms with E-state index >= 15 is 0 Å². The monoisotopic (exact) mass is 1500 g/mol. The molecule has 0 N–H and O–H groups in total. The van der Waals surface area contributed by atoms with Crippen molar-refractivity contribution < 1.29 is 67.1 Å². The van der Waals surface area contributed by atoms with Gasteiger partial charge in [-0.3, -0.25) is 67.1 Å². The number of carbonyl (C=O) groups is 14. The fraction of sp³-hybridized carbons (Fsp3) is 0.0978. The van der Waals surface area contributed by atoms with Gasteiger partial charge in [0.25, 0.3) is 82.7 Å². The van der Waals surface area contributed by atoms with Crippen LogP contribution in [0, 0.1) is 11.3 Å². The average molecular weight is 1510 g/mol. The molecular formula is C92H64N8O14. The summed E-state index contributed by atoms with van der Waals surface area (Å²) in [6.45, 7) is 0. The summed E-state index contributed by atoms with van der Waals surface area (Å²) in [7, 11) is 0. The number of rotatable bonds is 17. The van der Waals surface area contributed by atoms with Crippen molar-refractivity contribution in [3.05, 3.63) is 365 Å². The maximum Gasteiger partial charge on any atom is 0.258 e. The highest BCUT2D eigenvalue weighted by Gasteiger charge is 2.34. The number of benzene rings is 9. The second kappa shape index (κ2) is 31.7. The van der Waals surface area contributed by atoms with Crippen LogP contribution in [0.2, 0.25) is 0 Å². The summed E-state index contributed by atoms with van der Waals surface area (Å²) in [6, 6.07) is 68.4. The summed E-state index contributed by atoms with van der Waals surface area (Å²) in [5.41, 5.74) is 13.6. The van der Waals surface area contributed by atoms with Crippen molar-refractivity contribution in [2.45, 2.75) is 55.8 Å². The molecule has 0 radical (unpaired) electrons. The predicted molar refractivity (Wildman–Crippen MR) is 423 cm³/mol. The van der Waals surface area contributed by atoms with Crippen LogP contribution in [-0.2, 0) is 67.1 Å². The molecule has 7 heterocycles. The zero-order valence-corrected chi connectivity index (χ0v) is 60.5. The lowest BCUT2D eigenvalue weighted by Crippen LogP contribution is -2.29. The van der Waals surface area contributed by atoms with E-state index in [1.54, 1.807) is 97.1 Å². The Morgan fingerprint density at radius 2 is 0.360 bits per heavy atom. The lowest BCUT2D eigenvalue weighted by Gasteiger charge is -2.24.